The van der Waals surface area contributed by atoms with Crippen LogP contribution < -0.4 is 20.3 Å². The predicted octanol–water partition coefficient (Wildman–Crippen LogP) is 5.10. The number of hydrogen-bond acceptors (Lipinski definition) is 5. The Balaban J connectivity index is 1.64. The first-order valence-corrected chi connectivity index (χ1v) is 12.8. The van der Waals surface area contributed by atoms with E-state index in [9.17, 15) is 14.7 Å². The van der Waals surface area contributed by atoms with Gasteiger partial charge in [-0.15, -0.1) is 0 Å². The first-order valence-electron chi connectivity index (χ1n) is 12.4. The molecule has 0 unspecified atom stereocenters. The molecule has 2 aromatic carbocycles. The van der Waals surface area contributed by atoms with Gasteiger partial charge in [-0.25, -0.2) is 4.79 Å². The van der Waals surface area contributed by atoms with E-state index >= 15 is 0 Å². The number of carbonyl (C=O) groups excluding carboxylic acids is 1. The molecule has 0 radical (unpaired) electrons. The second-order valence-electron chi connectivity index (χ2n) is 8.94. The number of aromatic nitrogens is 2. The van der Waals surface area contributed by atoms with Crippen LogP contribution in [0.1, 0.15) is 47.2 Å². The number of ether oxygens (including phenoxy) is 1. The number of nitrogens with zero attached hydrogens (tertiary/aromatic N) is 3. The van der Waals surface area contributed by atoms with Crippen molar-refractivity contribution < 1.29 is 19.4 Å². The highest BCUT2D eigenvalue weighted by molar-refractivity contribution is 7.80. The van der Waals surface area contributed by atoms with Gasteiger partial charge in [-0.1, -0.05) is 19.1 Å². The molecule has 0 spiro atoms. The SMILES string of the molecule is CCC(=O)Nc1ccc(N2C(=S)N[C@@H](c3ccccn3)[C@H]2c2cccn2-c2cccc(C(=O)O)c2)cc1OC. The third kappa shape index (κ3) is 5.06. The van der Waals surface area contributed by atoms with Crippen LogP contribution in [0.5, 0.6) is 5.75 Å². The zero-order valence-electron chi connectivity index (χ0n) is 21.4. The molecule has 2 aromatic heterocycles. The van der Waals surface area contributed by atoms with Crippen LogP contribution in [0.2, 0.25) is 0 Å². The van der Waals surface area contributed by atoms with E-state index in [1.807, 2.05) is 64.2 Å². The van der Waals surface area contributed by atoms with Crippen molar-refractivity contribution in [1.82, 2.24) is 14.9 Å². The zero-order valence-corrected chi connectivity index (χ0v) is 22.2. The number of amides is 1. The average molecular weight is 542 g/mol. The first kappa shape index (κ1) is 25.9. The maximum atomic E-state index is 12.0. The molecule has 0 saturated carbocycles. The maximum absolute atomic E-state index is 12.0. The number of carboxylic acid groups (broad SMARTS) is 1. The summed E-state index contributed by atoms with van der Waals surface area (Å²) in [5, 5.41) is 16.4. The second-order valence-corrected chi connectivity index (χ2v) is 9.33. The Bertz CT molecular complexity index is 1540. The van der Waals surface area contributed by atoms with Crippen molar-refractivity contribution in [2.24, 2.45) is 0 Å². The van der Waals surface area contributed by atoms with Crippen molar-refractivity contribution in [3.8, 4) is 11.4 Å². The molecule has 5 rings (SSSR count). The third-order valence-electron chi connectivity index (χ3n) is 6.61. The highest BCUT2D eigenvalue weighted by Crippen LogP contribution is 2.44. The lowest BCUT2D eigenvalue weighted by Gasteiger charge is -2.29. The summed E-state index contributed by atoms with van der Waals surface area (Å²) in [6.07, 6.45) is 3.98. The Morgan fingerprint density at radius 1 is 1.08 bits per heavy atom. The van der Waals surface area contributed by atoms with Gasteiger partial charge in [-0.3, -0.25) is 9.78 Å². The van der Waals surface area contributed by atoms with E-state index in [1.54, 1.807) is 44.5 Å². The van der Waals surface area contributed by atoms with Crippen LogP contribution in [0.3, 0.4) is 0 Å². The van der Waals surface area contributed by atoms with E-state index in [0.29, 0.717) is 28.7 Å². The van der Waals surface area contributed by atoms with Crippen LogP contribution in [0.4, 0.5) is 11.4 Å². The zero-order chi connectivity index (χ0) is 27.5. The molecule has 9 nitrogen and oxygen atoms in total. The van der Waals surface area contributed by atoms with E-state index < -0.39 is 5.97 Å². The lowest BCUT2D eigenvalue weighted by Crippen LogP contribution is -2.30. The van der Waals surface area contributed by atoms with Crippen molar-refractivity contribution >= 4 is 40.6 Å². The van der Waals surface area contributed by atoms with Gasteiger partial charge >= 0.3 is 5.97 Å². The molecule has 1 aliphatic rings. The highest BCUT2D eigenvalue weighted by Gasteiger charge is 2.42. The number of thiocarbonyl (C=S) groups is 1. The number of benzene rings is 2. The summed E-state index contributed by atoms with van der Waals surface area (Å²) in [4.78, 5) is 30.3. The molecule has 1 amide bonds. The lowest BCUT2D eigenvalue weighted by molar-refractivity contribution is -0.115. The molecule has 2 atom stereocenters. The fraction of sp³-hybridized carbons (Fsp3) is 0.172. The van der Waals surface area contributed by atoms with Crippen LogP contribution in [0.25, 0.3) is 5.69 Å². The molecule has 0 bridgehead atoms. The number of aromatic carboxylic acids is 1. The Morgan fingerprint density at radius 3 is 2.64 bits per heavy atom. The standard InChI is InChI=1S/C29H27N5O4S/c1-3-25(35)31-21-13-12-20(17-24(21)38-2)34-27(26(32-29(34)39)22-10-4-5-14-30-22)23-11-7-15-33(23)19-9-6-8-18(16-19)28(36)37/h4-17,26-27H,3H2,1-2H3,(H,31,35)(H,32,39)(H,36,37)/t26-,27+/m0/s1. The Kier molecular flexibility index (Phi) is 7.29. The molecule has 39 heavy (non-hydrogen) atoms. The van der Waals surface area contributed by atoms with Crippen molar-refractivity contribution in [3.05, 3.63) is 102 Å². The Hall–Kier alpha value is -4.70. The molecule has 198 valence electrons. The monoisotopic (exact) mass is 541 g/mol. The number of hydrogen-bond donors (Lipinski definition) is 3. The highest BCUT2D eigenvalue weighted by atomic mass is 32.1. The van der Waals surface area contributed by atoms with Crippen LogP contribution in [-0.4, -0.2) is 38.8 Å². The number of nitrogens with one attached hydrogen (secondary N) is 2. The van der Waals surface area contributed by atoms with E-state index in [4.69, 9.17) is 17.0 Å². The fourth-order valence-electron chi connectivity index (χ4n) is 4.76. The predicted molar refractivity (Wildman–Crippen MR) is 153 cm³/mol. The molecule has 10 heteroatoms. The largest absolute Gasteiger partial charge is 0.494 e. The molecule has 1 aliphatic heterocycles. The van der Waals surface area contributed by atoms with Crippen LogP contribution in [0.15, 0.2) is 85.2 Å². The van der Waals surface area contributed by atoms with Gasteiger partial charge < -0.3 is 29.9 Å². The normalized spacial score (nSPS) is 16.6. The van der Waals surface area contributed by atoms with Gasteiger partial charge in [0.1, 0.15) is 11.8 Å². The number of pyridine rings is 1. The Labute approximate surface area is 231 Å². The van der Waals surface area contributed by atoms with Crippen LogP contribution in [-0.2, 0) is 4.79 Å². The van der Waals surface area contributed by atoms with Crippen LogP contribution >= 0.6 is 12.2 Å². The van der Waals surface area contributed by atoms with Crippen molar-refractivity contribution in [2.45, 2.75) is 25.4 Å². The lowest BCUT2D eigenvalue weighted by atomic mass is 10.0. The minimum Gasteiger partial charge on any atom is -0.494 e. The Morgan fingerprint density at radius 2 is 1.92 bits per heavy atom. The summed E-state index contributed by atoms with van der Waals surface area (Å²) < 4.78 is 7.58. The number of rotatable bonds is 8. The van der Waals surface area contributed by atoms with Crippen molar-refractivity contribution in [3.63, 3.8) is 0 Å². The molecule has 3 heterocycles. The summed E-state index contributed by atoms with van der Waals surface area (Å²) in [7, 11) is 1.55. The number of carbonyl (C=O) groups is 2. The topological polar surface area (TPSA) is 109 Å². The molecular formula is C29H27N5O4S. The van der Waals surface area contributed by atoms with E-state index in [2.05, 4.69) is 15.6 Å². The third-order valence-corrected chi connectivity index (χ3v) is 6.93. The summed E-state index contributed by atoms with van der Waals surface area (Å²) in [5.74, 6) is -0.611. The van der Waals surface area contributed by atoms with Gasteiger partial charge in [0.25, 0.3) is 0 Å². The summed E-state index contributed by atoms with van der Waals surface area (Å²) in [6.45, 7) is 1.79. The first-order chi connectivity index (χ1) is 18.9. The molecule has 0 aliphatic carbocycles. The second kappa shape index (κ2) is 11.0. The number of carboxylic acids is 1. The average Bonchev–Trinajstić information content (AvgIpc) is 3.58. The van der Waals surface area contributed by atoms with Gasteiger partial charge in [0.2, 0.25) is 5.91 Å². The molecule has 1 fully saturated rings. The quantitative estimate of drug-likeness (QED) is 0.264. The van der Waals surface area contributed by atoms with Gasteiger partial charge in [-0.2, -0.15) is 0 Å². The molecule has 1 saturated heterocycles. The summed E-state index contributed by atoms with van der Waals surface area (Å²) in [6, 6.07) is 21.3. The van der Waals surface area contributed by atoms with Crippen molar-refractivity contribution in [1.29, 1.82) is 0 Å². The smallest absolute Gasteiger partial charge is 0.335 e. The van der Waals surface area contributed by atoms with Gasteiger partial charge in [0.05, 0.1) is 30.1 Å². The summed E-state index contributed by atoms with van der Waals surface area (Å²) in [5.41, 5.74) is 3.91. The van der Waals surface area contributed by atoms with Gasteiger partial charge in [-0.05, 0) is 66.8 Å². The summed E-state index contributed by atoms with van der Waals surface area (Å²) >= 11 is 5.86. The van der Waals surface area contributed by atoms with Gasteiger partial charge in [0.15, 0.2) is 5.11 Å². The minimum absolute atomic E-state index is 0.117. The number of anilines is 2. The number of methoxy groups -OCH3 is 1. The minimum atomic E-state index is -0.996. The van der Waals surface area contributed by atoms with Gasteiger partial charge in [0, 0.05) is 41.9 Å². The molecule has 4 aromatic rings. The van der Waals surface area contributed by atoms with Crippen LogP contribution in [0, 0.1) is 0 Å². The maximum Gasteiger partial charge on any atom is 0.335 e. The van der Waals surface area contributed by atoms with E-state index in [0.717, 1.165) is 17.1 Å². The van der Waals surface area contributed by atoms with E-state index in [-0.39, 0.29) is 23.6 Å². The van der Waals surface area contributed by atoms with E-state index in [1.165, 1.54) is 0 Å². The molecular weight excluding hydrogens is 514 g/mol. The molecule has 3 N–H and O–H groups in total. The van der Waals surface area contributed by atoms with Crippen molar-refractivity contribution in [2.75, 3.05) is 17.3 Å². The fourth-order valence-corrected chi connectivity index (χ4v) is 5.11.